The van der Waals surface area contributed by atoms with Gasteiger partial charge in [-0.2, -0.15) is 5.10 Å². The van der Waals surface area contributed by atoms with Crippen LogP contribution in [0.4, 0.5) is 5.69 Å². The van der Waals surface area contributed by atoms with E-state index in [4.69, 9.17) is 0 Å². The molecule has 2 aromatic rings. The number of aromatic nitrogens is 2. The first-order valence-corrected chi connectivity index (χ1v) is 8.08. The molecular weight excluding hydrogens is 318 g/mol. The second kappa shape index (κ2) is 6.14. The lowest BCUT2D eigenvalue weighted by Crippen LogP contribution is -2.29. The predicted octanol–water partition coefficient (Wildman–Crippen LogP) is 3.68. The molecule has 0 saturated heterocycles. The van der Waals surface area contributed by atoms with Crippen molar-refractivity contribution in [1.29, 1.82) is 0 Å². The van der Waals surface area contributed by atoms with Gasteiger partial charge in [0.2, 0.25) is 0 Å². The maximum atomic E-state index is 10.3. The molecule has 0 bridgehead atoms. The minimum absolute atomic E-state index is 0.267. The molecule has 1 heterocycles. The van der Waals surface area contributed by atoms with Gasteiger partial charge in [-0.1, -0.05) is 35.2 Å². The molecule has 0 spiro atoms. The Morgan fingerprint density at radius 3 is 2.95 bits per heavy atom. The zero-order valence-electron chi connectivity index (χ0n) is 11.4. The van der Waals surface area contributed by atoms with Gasteiger partial charge in [0.15, 0.2) is 0 Å². The molecule has 1 aliphatic rings. The smallest absolute Gasteiger partial charge is 0.0740 e. The van der Waals surface area contributed by atoms with Crippen molar-refractivity contribution >= 4 is 32.5 Å². The summed E-state index contributed by atoms with van der Waals surface area (Å²) in [6, 6.07) is 4.04. The number of hydrogen-bond acceptors (Lipinski definition) is 3. The summed E-state index contributed by atoms with van der Waals surface area (Å²) >= 11 is 3.50. The van der Waals surface area contributed by atoms with Crippen LogP contribution in [0.5, 0.6) is 0 Å². The number of hydrogen-bond donors (Lipinski definition) is 3. The van der Waals surface area contributed by atoms with Gasteiger partial charge in [-0.3, -0.25) is 5.10 Å². The third kappa shape index (κ3) is 2.99. The molecular formula is C15H20BrN3O. The normalized spacial score (nSPS) is 18.3. The topological polar surface area (TPSA) is 60.9 Å². The SMILES string of the molecule is OC(CNc1cc(Br)cc2[nH]ncc12)C1CCCCC1. The molecule has 1 saturated carbocycles. The van der Waals surface area contributed by atoms with Gasteiger partial charge in [-0.05, 0) is 30.9 Å². The number of aromatic amines is 1. The highest BCUT2D eigenvalue weighted by molar-refractivity contribution is 9.10. The zero-order chi connectivity index (χ0) is 13.9. The van der Waals surface area contributed by atoms with Crippen LogP contribution in [0.2, 0.25) is 0 Å². The van der Waals surface area contributed by atoms with E-state index >= 15 is 0 Å². The van der Waals surface area contributed by atoms with E-state index in [-0.39, 0.29) is 6.10 Å². The van der Waals surface area contributed by atoms with Crippen molar-refractivity contribution < 1.29 is 5.11 Å². The van der Waals surface area contributed by atoms with E-state index in [0.29, 0.717) is 12.5 Å². The molecule has 20 heavy (non-hydrogen) atoms. The summed E-state index contributed by atoms with van der Waals surface area (Å²) in [6.45, 7) is 0.599. The highest BCUT2D eigenvalue weighted by Crippen LogP contribution is 2.29. The minimum Gasteiger partial charge on any atom is -0.391 e. The number of benzene rings is 1. The maximum Gasteiger partial charge on any atom is 0.0740 e. The fourth-order valence-corrected chi connectivity index (χ4v) is 3.52. The number of H-pyrrole nitrogens is 1. The fourth-order valence-electron chi connectivity index (χ4n) is 3.06. The van der Waals surface area contributed by atoms with Gasteiger partial charge in [0.1, 0.15) is 0 Å². The van der Waals surface area contributed by atoms with E-state index in [2.05, 4.69) is 31.4 Å². The molecule has 0 radical (unpaired) electrons. The van der Waals surface area contributed by atoms with Crippen LogP contribution < -0.4 is 5.32 Å². The summed E-state index contributed by atoms with van der Waals surface area (Å²) in [5.41, 5.74) is 2.01. The number of nitrogens with zero attached hydrogens (tertiary/aromatic N) is 1. The highest BCUT2D eigenvalue weighted by atomic mass is 79.9. The number of aliphatic hydroxyl groups is 1. The highest BCUT2D eigenvalue weighted by Gasteiger charge is 2.21. The molecule has 1 fully saturated rings. The Balaban J connectivity index is 1.68. The molecule has 5 heteroatoms. The third-order valence-electron chi connectivity index (χ3n) is 4.22. The van der Waals surface area contributed by atoms with E-state index in [1.807, 2.05) is 18.3 Å². The van der Waals surface area contributed by atoms with Crippen molar-refractivity contribution in [3.05, 3.63) is 22.8 Å². The monoisotopic (exact) mass is 337 g/mol. The zero-order valence-corrected chi connectivity index (χ0v) is 13.0. The Morgan fingerprint density at radius 2 is 2.15 bits per heavy atom. The molecule has 1 aliphatic carbocycles. The molecule has 1 aromatic heterocycles. The largest absolute Gasteiger partial charge is 0.391 e. The second-order valence-electron chi connectivity index (χ2n) is 5.63. The molecule has 4 nitrogen and oxygen atoms in total. The minimum atomic E-state index is -0.267. The summed E-state index contributed by atoms with van der Waals surface area (Å²) in [6.07, 6.45) is 7.69. The Labute approximate surface area is 127 Å². The van der Waals surface area contributed by atoms with Crippen molar-refractivity contribution in [3.63, 3.8) is 0 Å². The summed E-state index contributed by atoms with van der Waals surface area (Å²) in [5, 5.41) is 21.8. The Kier molecular flexibility index (Phi) is 4.27. The van der Waals surface area contributed by atoms with Gasteiger partial charge >= 0.3 is 0 Å². The number of halogens is 1. The van der Waals surface area contributed by atoms with Crippen molar-refractivity contribution in [2.75, 3.05) is 11.9 Å². The van der Waals surface area contributed by atoms with Crippen LogP contribution in [0.1, 0.15) is 32.1 Å². The fraction of sp³-hybridized carbons (Fsp3) is 0.533. The first-order chi connectivity index (χ1) is 9.74. The molecule has 1 aromatic carbocycles. The van der Waals surface area contributed by atoms with E-state index in [1.54, 1.807) is 0 Å². The number of rotatable bonds is 4. The summed E-state index contributed by atoms with van der Waals surface area (Å²) < 4.78 is 1.00. The Bertz CT molecular complexity index is 578. The van der Waals surface area contributed by atoms with Crippen LogP contribution in [0.15, 0.2) is 22.8 Å². The summed E-state index contributed by atoms with van der Waals surface area (Å²) in [5.74, 6) is 0.447. The van der Waals surface area contributed by atoms with Crippen molar-refractivity contribution in [3.8, 4) is 0 Å². The first-order valence-electron chi connectivity index (χ1n) is 7.28. The van der Waals surface area contributed by atoms with Gasteiger partial charge in [0.25, 0.3) is 0 Å². The number of nitrogens with one attached hydrogen (secondary N) is 2. The van der Waals surface area contributed by atoms with Crippen LogP contribution in [0.25, 0.3) is 10.9 Å². The van der Waals surface area contributed by atoms with Gasteiger partial charge in [-0.25, -0.2) is 0 Å². The van der Waals surface area contributed by atoms with E-state index in [9.17, 15) is 5.11 Å². The van der Waals surface area contributed by atoms with Gasteiger partial charge in [0.05, 0.1) is 17.8 Å². The lowest BCUT2D eigenvalue weighted by molar-refractivity contribution is 0.0957. The summed E-state index contributed by atoms with van der Waals surface area (Å²) in [7, 11) is 0. The predicted molar refractivity (Wildman–Crippen MR) is 84.9 cm³/mol. The Morgan fingerprint density at radius 1 is 1.35 bits per heavy atom. The quantitative estimate of drug-likeness (QED) is 0.797. The van der Waals surface area contributed by atoms with Gasteiger partial charge < -0.3 is 10.4 Å². The van der Waals surface area contributed by atoms with Gasteiger partial charge in [0, 0.05) is 22.1 Å². The van der Waals surface area contributed by atoms with Crippen LogP contribution in [0, 0.1) is 5.92 Å². The Hall–Kier alpha value is -1.07. The third-order valence-corrected chi connectivity index (χ3v) is 4.68. The molecule has 108 valence electrons. The lowest BCUT2D eigenvalue weighted by Gasteiger charge is -2.27. The molecule has 3 rings (SSSR count). The van der Waals surface area contributed by atoms with E-state index in [0.717, 1.165) is 33.9 Å². The second-order valence-corrected chi connectivity index (χ2v) is 6.55. The van der Waals surface area contributed by atoms with Crippen molar-refractivity contribution in [2.24, 2.45) is 5.92 Å². The van der Waals surface area contributed by atoms with E-state index in [1.165, 1.54) is 19.3 Å². The average Bonchev–Trinajstić information content (AvgIpc) is 2.93. The van der Waals surface area contributed by atoms with Crippen molar-refractivity contribution in [1.82, 2.24) is 10.2 Å². The average molecular weight is 338 g/mol. The van der Waals surface area contributed by atoms with Crippen molar-refractivity contribution in [2.45, 2.75) is 38.2 Å². The number of aliphatic hydroxyl groups excluding tert-OH is 1. The molecule has 0 amide bonds. The van der Waals surface area contributed by atoms with Crippen LogP contribution in [0.3, 0.4) is 0 Å². The van der Waals surface area contributed by atoms with Crippen LogP contribution >= 0.6 is 15.9 Å². The molecule has 3 N–H and O–H groups in total. The van der Waals surface area contributed by atoms with Crippen LogP contribution in [-0.2, 0) is 0 Å². The first kappa shape index (κ1) is 13.9. The summed E-state index contributed by atoms with van der Waals surface area (Å²) in [4.78, 5) is 0. The standard InChI is InChI=1S/C15H20BrN3O/c16-11-6-13(12-8-18-19-14(12)7-11)17-9-15(20)10-4-2-1-3-5-10/h6-8,10,15,17,20H,1-5,9H2,(H,18,19). The maximum absolute atomic E-state index is 10.3. The molecule has 0 aliphatic heterocycles. The number of fused-ring (bicyclic) bond motifs is 1. The number of anilines is 1. The van der Waals surface area contributed by atoms with E-state index < -0.39 is 0 Å². The molecule has 1 unspecified atom stereocenters. The van der Waals surface area contributed by atoms with Crippen LogP contribution in [-0.4, -0.2) is 28.0 Å². The lowest BCUT2D eigenvalue weighted by atomic mass is 9.85. The van der Waals surface area contributed by atoms with Gasteiger partial charge in [-0.15, -0.1) is 0 Å². The molecule has 1 atom stereocenters.